The molecule has 0 spiro atoms. The minimum absolute atomic E-state index is 0.265. The summed E-state index contributed by atoms with van der Waals surface area (Å²) in [5.74, 6) is 0.0196. The normalized spacial score (nSPS) is 11.5. The molecule has 0 aliphatic carbocycles. The van der Waals surface area contributed by atoms with Crippen molar-refractivity contribution in [3.63, 3.8) is 0 Å². The van der Waals surface area contributed by atoms with E-state index in [4.69, 9.17) is 5.73 Å². The van der Waals surface area contributed by atoms with E-state index in [0.717, 1.165) is 5.56 Å². The molecule has 0 aliphatic heterocycles. The van der Waals surface area contributed by atoms with Crippen LogP contribution in [0, 0.1) is 0 Å². The number of aromatic nitrogens is 3. The van der Waals surface area contributed by atoms with Gasteiger partial charge in [0.25, 0.3) is 0 Å². The second kappa shape index (κ2) is 4.55. The van der Waals surface area contributed by atoms with E-state index in [2.05, 4.69) is 14.9 Å². The molecular weight excluding hydrogens is 249 g/mol. The molecule has 8 heteroatoms. The Morgan fingerprint density at radius 2 is 1.89 bits per heavy atom. The van der Waals surface area contributed by atoms with Crippen LogP contribution in [0.25, 0.3) is 0 Å². The maximum Gasteiger partial charge on any atom is 0.573 e. The van der Waals surface area contributed by atoms with E-state index < -0.39 is 6.36 Å². The predicted octanol–water partition coefficient (Wildman–Crippen LogP) is 1.81. The molecule has 0 bridgehead atoms. The zero-order chi connectivity index (χ0) is 13.2. The number of benzene rings is 1. The zero-order valence-electron chi connectivity index (χ0n) is 9.05. The molecule has 0 fully saturated rings. The number of rotatable bonds is 3. The van der Waals surface area contributed by atoms with Crippen molar-refractivity contribution in [2.75, 3.05) is 5.73 Å². The molecule has 0 saturated heterocycles. The molecular formula is C10H9F3N4O. The number of hydrogen-bond acceptors (Lipinski definition) is 4. The Balaban J connectivity index is 2.04. The molecule has 0 amide bonds. The van der Waals surface area contributed by atoms with Crippen molar-refractivity contribution in [3.05, 3.63) is 36.0 Å². The van der Waals surface area contributed by atoms with Crippen molar-refractivity contribution in [3.8, 4) is 5.75 Å². The van der Waals surface area contributed by atoms with Gasteiger partial charge in [0.15, 0.2) is 5.82 Å². The van der Waals surface area contributed by atoms with E-state index in [1.54, 1.807) is 0 Å². The van der Waals surface area contributed by atoms with Crippen LogP contribution in [0.2, 0.25) is 0 Å². The summed E-state index contributed by atoms with van der Waals surface area (Å²) in [4.78, 5) is 1.34. The van der Waals surface area contributed by atoms with Gasteiger partial charge in [0.2, 0.25) is 0 Å². The molecule has 1 heterocycles. The molecule has 2 N–H and O–H groups in total. The van der Waals surface area contributed by atoms with E-state index in [-0.39, 0.29) is 11.6 Å². The number of halogens is 3. The fourth-order valence-electron chi connectivity index (χ4n) is 1.35. The fourth-order valence-corrected chi connectivity index (χ4v) is 1.35. The first-order valence-corrected chi connectivity index (χ1v) is 4.93. The first-order valence-electron chi connectivity index (χ1n) is 4.93. The molecule has 0 radical (unpaired) electrons. The van der Waals surface area contributed by atoms with Crippen LogP contribution in [0.1, 0.15) is 5.56 Å². The van der Waals surface area contributed by atoms with E-state index in [9.17, 15) is 13.2 Å². The first kappa shape index (κ1) is 12.2. The highest BCUT2D eigenvalue weighted by Gasteiger charge is 2.30. The highest BCUT2D eigenvalue weighted by atomic mass is 19.4. The van der Waals surface area contributed by atoms with E-state index in [1.165, 1.54) is 35.3 Å². The average molecular weight is 258 g/mol. The standard InChI is InChI=1S/C10H9F3N4O/c11-10(12,13)18-8-3-1-7(2-4-8)6-17-15-5-9(14)16-17/h1-5H,6H2,(H2,14,16). The summed E-state index contributed by atoms with van der Waals surface area (Å²) >= 11 is 0. The molecule has 1 aromatic heterocycles. The first-order chi connectivity index (χ1) is 8.42. The molecule has 0 unspecified atom stereocenters. The van der Waals surface area contributed by atoms with Gasteiger partial charge in [-0.2, -0.15) is 9.90 Å². The topological polar surface area (TPSA) is 66.0 Å². The second-order valence-electron chi connectivity index (χ2n) is 3.49. The van der Waals surface area contributed by atoms with Crippen LogP contribution in [0.15, 0.2) is 30.5 Å². The van der Waals surface area contributed by atoms with Crippen LogP contribution < -0.4 is 10.5 Å². The van der Waals surface area contributed by atoms with Crippen LogP contribution in [0.3, 0.4) is 0 Å². The van der Waals surface area contributed by atoms with Crippen molar-refractivity contribution in [2.24, 2.45) is 0 Å². The maximum absolute atomic E-state index is 11.9. The lowest BCUT2D eigenvalue weighted by molar-refractivity contribution is -0.274. The van der Waals surface area contributed by atoms with Gasteiger partial charge in [-0.05, 0) is 17.7 Å². The Morgan fingerprint density at radius 3 is 2.39 bits per heavy atom. The lowest BCUT2D eigenvalue weighted by Gasteiger charge is -2.09. The van der Waals surface area contributed by atoms with Crippen LogP contribution in [0.5, 0.6) is 5.75 Å². The highest BCUT2D eigenvalue weighted by molar-refractivity contribution is 5.27. The Morgan fingerprint density at radius 1 is 1.22 bits per heavy atom. The minimum Gasteiger partial charge on any atom is -0.406 e. The van der Waals surface area contributed by atoms with Crippen molar-refractivity contribution < 1.29 is 17.9 Å². The summed E-state index contributed by atoms with van der Waals surface area (Å²) in [5.41, 5.74) is 6.12. The molecule has 0 aliphatic rings. The molecule has 1 aromatic carbocycles. The summed E-state index contributed by atoms with van der Waals surface area (Å²) in [6.07, 6.45) is -3.29. The van der Waals surface area contributed by atoms with Crippen molar-refractivity contribution in [1.82, 2.24) is 15.0 Å². The van der Waals surface area contributed by atoms with Gasteiger partial charge in [-0.25, -0.2) is 0 Å². The smallest absolute Gasteiger partial charge is 0.406 e. The Bertz CT molecular complexity index is 521. The fraction of sp³-hybridized carbons (Fsp3) is 0.200. The maximum atomic E-state index is 11.9. The number of alkyl halides is 3. The van der Waals surface area contributed by atoms with Crippen LogP contribution in [0.4, 0.5) is 19.0 Å². The summed E-state index contributed by atoms with van der Waals surface area (Å²) in [6, 6.07) is 5.46. The average Bonchev–Trinajstić information content (AvgIpc) is 2.65. The van der Waals surface area contributed by atoms with Crippen LogP contribution in [-0.2, 0) is 6.54 Å². The van der Waals surface area contributed by atoms with Crippen LogP contribution >= 0.6 is 0 Å². The van der Waals surface area contributed by atoms with E-state index >= 15 is 0 Å². The quantitative estimate of drug-likeness (QED) is 0.911. The lowest BCUT2D eigenvalue weighted by atomic mass is 10.2. The van der Waals surface area contributed by atoms with Gasteiger partial charge < -0.3 is 10.5 Å². The predicted molar refractivity (Wildman–Crippen MR) is 56.7 cm³/mol. The largest absolute Gasteiger partial charge is 0.573 e. The SMILES string of the molecule is Nc1cnn(Cc2ccc(OC(F)(F)F)cc2)n1. The van der Waals surface area contributed by atoms with Gasteiger partial charge >= 0.3 is 6.36 Å². The van der Waals surface area contributed by atoms with Crippen molar-refractivity contribution >= 4 is 5.82 Å². The molecule has 96 valence electrons. The molecule has 2 aromatic rings. The number of nitrogens with two attached hydrogens (primary N) is 1. The van der Waals surface area contributed by atoms with Crippen molar-refractivity contribution in [1.29, 1.82) is 0 Å². The Kier molecular flexibility index (Phi) is 3.09. The summed E-state index contributed by atoms with van der Waals surface area (Å²) in [6.45, 7) is 0.323. The Hall–Kier alpha value is -2.25. The van der Waals surface area contributed by atoms with Gasteiger partial charge in [0, 0.05) is 0 Å². The summed E-state index contributed by atoms with van der Waals surface area (Å²) < 4.78 is 39.5. The zero-order valence-corrected chi connectivity index (χ0v) is 9.05. The van der Waals surface area contributed by atoms with Gasteiger partial charge in [-0.1, -0.05) is 12.1 Å². The monoisotopic (exact) mass is 258 g/mol. The third-order valence-corrected chi connectivity index (χ3v) is 2.04. The Labute approximate surface area is 100.0 Å². The molecule has 18 heavy (non-hydrogen) atoms. The number of hydrogen-bond donors (Lipinski definition) is 1. The summed E-state index contributed by atoms with van der Waals surface area (Å²) in [7, 11) is 0. The van der Waals surface area contributed by atoms with Gasteiger partial charge in [0.1, 0.15) is 5.75 Å². The van der Waals surface area contributed by atoms with Crippen LogP contribution in [-0.4, -0.2) is 21.4 Å². The highest BCUT2D eigenvalue weighted by Crippen LogP contribution is 2.22. The number of nitrogens with zero attached hydrogens (tertiary/aromatic N) is 3. The van der Waals surface area contributed by atoms with Crippen molar-refractivity contribution in [2.45, 2.75) is 12.9 Å². The molecule has 2 rings (SSSR count). The van der Waals surface area contributed by atoms with Gasteiger partial charge in [-0.3, -0.25) is 0 Å². The third-order valence-electron chi connectivity index (χ3n) is 2.04. The minimum atomic E-state index is -4.68. The summed E-state index contributed by atoms with van der Waals surface area (Å²) in [5, 5.41) is 7.72. The lowest BCUT2D eigenvalue weighted by Crippen LogP contribution is -2.17. The molecule has 0 atom stereocenters. The number of ether oxygens (including phenoxy) is 1. The van der Waals surface area contributed by atoms with Gasteiger partial charge in [-0.15, -0.1) is 18.3 Å². The molecule has 0 saturated carbocycles. The number of nitrogen functional groups attached to an aromatic ring is 1. The van der Waals surface area contributed by atoms with Gasteiger partial charge in [0.05, 0.1) is 12.7 Å². The van der Waals surface area contributed by atoms with E-state index in [0.29, 0.717) is 6.54 Å². The number of anilines is 1. The molecule has 5 nitrogen and oxygen atoms in total. The third kappa shape index (κ3) is 3.37. The van der Waals surface area contributed by atoms with E-state index in [1.807, 2.05) is 0 Å². The second-order valence-corrected chi connectivity index (χ2v) is 3.49.